The van der Waals surface area contributed by atoms with Gasteiger partial charge in [-0.15, -0.1) is 0 Å². The smallest absolute Gasteiger partial charge is 0.252 e. The number of amides is 2. The second-order valence-corrected chi connectivity index (χ2v) is 8.31. The van der Waals surface area contributed by atoms with E-state index < -0.39 is 6.10 Å². The zero-order chi connectivity index (χ0) is 20.1. The standard InChI is InChI=1S/C22H31N3O4/c26-21-15-24(22(27)20-10-6-12-28-20)13-19(29-16-17-7-4-5-11-23-17)14-25(21)18-8-2-1-3-9-18/h4-5,7,11,18-20H,1-3,6,8-10,12-16H2/t19-,20+/m0/s1. The lowest BCUT2D eigenvalue weighted by molar-refractivity contribution is -0.146. The van der Waals surface area contributed by atoms with Crippen LogP contribution in [0.25, 0.3) is 0 Å². The summed E-state index contributed by atoms with van der Waals surface area (Å²) >= 11 is 0. The van der Waals surface area contributed by atoms with Crippen LogP contribution in [0.5, 0.6) is 0 Å². The molecule has 2 amide bonds. The first-order valence-corrected chi connectivity index (χ1v) is 10.9. The number of hydrogen-bond acceptors (Lipinski definition) is 5. The molecule has 3 fully saturated rings. The molecule has 0 unspecified atom stereocenters. The average molecular weight is 402 g/mol. The first-order chi connectivity index (χ1) is 14.2. The van der Waals surface area contributed by atoms with Crippen LogP contribution in [0.4, 0.5) is 0 Å². The Bertz CT molecular complexity index is 687. The van der Waals surface area contributed by atoms with E-state index in [1.54, 1.807) is 11.1 Å². The summed E-state index contributed by atoms with van der Waals surface area (Å²) in [6.07, 6.45) is 8.37. The Morgan fingerprint density at radius 3 is 2.72 bits per heavy atom. The van der Waals surface area contributed by atoms with Crippen LogP contribution in [0, 0.1) is 0 Å². The van der Waals surface area contributed by atoms with Gasteiger partial charge < -0.3 is 19.3 Å². The van der Waals surface area contributed by atoms with Crippen LogP contribution in [-0.4, -0.2) is 71.1 Å². The number of pyridine rings is 1. The highest BCUT2D eigenvalue weighted by molar-refractivity contribution is 5.87. The van der Waals surface area contributed by atoms with E-state index in [0.717, 1.165) is 44.2 Å². The number of carbonyl (C=O) groups excluding carboxylic acids is 2. The van der Waals surface area contributed by atoms with Crippen molar-refractivity contribution in [3.05, 3.63) is 30.1 Å². The highest BCUT2D eigenvalue weighted by Gasteiger charge is 2.37. The van der Waals surface area contributed by atoms with Gasteiger partial charge in [0.1, 0.15) is 6.10 Å². The Hall–Kier alpha value is -1.99. The van der Waals surface area contributed by atoms with Gasteiger partial charge in [-0.05, 0) is 37.8 Å². The van der Waals surface area contributed by atoms with Gasteiger partial charge in [-0.25, -0.2) is 0 Å². The third kappa shape index (κ3) is 5.14. The summed E-state index contributed by atoms with van der Waals surface area (Å²) in [5.74, 6) is -0.0417. The molecule has 0 N–H and O–H groups in total. The molecule has 3 heterocycles. The number of rotatable bonds is 5. The van der Waals surface area contributed by atoms with Crippen molar-refractivity contribution in [2.75, 3.05) is 26.2 Å². The number of ether oxygens (including phenoxy) is 2. The minimum atomic E-state index is -0.416. The monoisotopic (exact) mass is 401 g/mol. The fourth-order valence-electron chi connectivity index (χ4n) is 4.62. The highest BCUT2D eigenvalue weighted by atomic mass is 16.5. The molecule has 7 heteroatoms. The number of nitrogens with zero attached hydrogens (tertiary/aromatic N) is 3. The minimum absolute atomic E-state index is 0.0344. The lowest BCUT2D eigenvalue weighted by atomic mass is 9.94. The maximum Gasteiger partial charge on any atom is 0.252 e. The van der Waals surface area contributed by atoms with Gasteiger partial charge >= 0.3 is 0 Å². The van der Waals surface area contributed by atoms with Crippen molar-refractivity contribution in [1.29, 1.82) is 0 Å². The van der Waals surface area contributed by atoms with E-state index in [9.17, 15) is 9.59 Å². The second kappa shape index (κ2) is 9.67. The molecule has 0 spiro atoms. The van der Waals surface area contributed by atoms with Crippen molar-refractivity contribution < 1.29 is 19.1 Å². The summed E-state index contributed by atoms with van der Waals surface area (Å²) in [5, 5.41) is 0. The molecule has 1 saturated carbocycles. The van der Waals surface area contributed by atoms with E-state index in [1.807, 2.05) is 23.1 Å². The molecule has 2 atom stereocenters. The molecule has 1 aromatic rings. The highest BCUT2D eigenvalue weighted by Crippen LogP contribution is 2.25. The Balaban J connectivity index is 1.48. The lowest BCUT2D eigenvalue weighted by Gasteiger charge is -2.34. The second-order valence-electron chi connectivity index (χ2n) is 8.31. The normalized spacial score (nSPS) is 26.6. The van der Waals surface area contributed by atoms with Crippen LogP contribution >= 0.6 is 0 Å². The maximum absolute atomic E-state index is 13.1. The van der Waals surface area contributed by atoms with Crippen molar-refractivity contribution in [2.24, 2.45) is 0 Å². The first-order valence-electron chi connectivity index (χ1n) is 10.9. The van der Waals surface area contributed by atoms with Gasteiger partial charge in [-0.2, -0.15) is 0 Å². The van der Waals surface area contributed by atoms with Gasteiger partial charge in [0.25, 0.3) is 5.91 Å². The third-order valence-electron chi connectivity index (χ3n) is 6.20. The Morgan fingerprint density at radius 2 is 2.00 bits per heavy atom. The Kier molecular flexibility index (Phi) is 6.77. The van der Waals surface area contributed by atoms with E-state index in [4.69, 9.17) is 9.47 Å². The summed E-state index contributed by atoms with van der Waals surface area (Å²) in [6, 6.07) is 6.00. The van der Waals surface area contributed by atoms with Gasteiger partial charge in [0.05, 0.1) is 24.9 Å². The zero-order valence-corrected chi connectivity index (χ0v) is 17.0. The van der Waals surface area contributed by atoms with Crippen LogP contribution in [-0.2, 0) is 25.7 Å². The maximum atomic E-state index is 13.1. The molecule has 2 aliphatic heterocycles. The quantitative estimate of drug-likeness (QED) is 0.756. The largest absolute Gasteiger partial charge is 0.368 e. The molecule has 7 nitrogen and oxygen atoms in total. The molecule has 0 aromatic carbocycles. The summed E-state index contributed by atoms with van der Waals surface area (Å²) in [6.45, 7) is 2.07. The summed E-state index contributed by atoms with van der Waals surface area (Å²) < 4.78 is 11.8. The number of hydrogen-bond donors (Lipinski definition) is 0. The van der Waals surface area contributed by atoms with E-state index in [0.29, 0.717) is 26.3 Å². The Morgan fingerprint density at radius 1 is 1.14 bits per heavy atom. The molecular weight excluding hydrogens is 370 g/mol. The fraction of sp³-hybridized carbons (Fsp3) is 0.682. The summed E-state index contributed by atoms with van der Waals surface area (Å²) in [7, 11) is 0. The molecule has 2 saturated heterocycles. The van der Waals surface area contributed by atoms with E-state index in [2.05, 4.69) is 4.98 Å². The Labute approximate surface area is 172 Å². The lowest BCUT2D eigenvalue weighted by Crippen LogP contribution is -2.46. The first kappa shape index (κ1) is 20.3. The van der Waals surface area contributed by atoms with Crippen LogP contribution < -0.4 is 0 Å². The molecule has 1 aliphatic carbocycles. The van der Waals surface area contributed by atoms with Crippen molar-refractivity contribution in [1.82, 2.24) is 14.8 Å². The van der Waals surface area contributed by atoms with Crippen molar-refractivity contribution in [3.8, 4) is 0 Å². The molecular formula is C22H31N3O4. The SMILES string of the molecule is O=C([C@H]1CCCO1)N1CC(=O)N(C2CCCCC2)C[C@@H](OCc2ccccn2)C1. The van der Waals surface area contributed by atoms with Crippen LogP contribution in [0.2, 0.25) is 0 Å². The molecule has 29 heavy (non-hydrogen) atoms. The van der Waals surface area contributed by atoms with E-state index >= 15 is 0 Å². The van der Waals surface area contributed by atoms with Crippen molar-refractivity contribution in [3.63, 3.8) is 0 Å². The third-order valence-corrected chi connectivity index (χ3v) is 6.20. The summed E-state index contributed by atoms with van der Waals surface area (Å²) in [4.78, 5) is 34.0. The van der Waals surface area contributed by atoms with Crippen LogP contribution in [0.3, 0.4) is 0 Å². The predicted octanol–water partition coefficient (Wildman–Crippen LogP) is 2.15. The van der Waals surface area contributed by atoms with E-state index in [1.165, 1.54) is 6.42 Å². The molecule has 0 bridgehead atoms. The van der Waals surface area contributed by atoms with Gasteiger partial charge in [0.2, 0.25) is 5.91 Å². The fourth-order valence-corrected chi connectivity index (χ4v) is 4.62. The molecule has 4 rings (SSSR count). The van der Waals surface area contributed by atoms with Gasteiger partial charge in [0, 0.05) is 31.9 Å². The molecule has 0 radical (unpaired) electrons. The number of aromatic nitrogens is 1. The minimum Gasteiger partial charge on any atom is -0.368 e. The zero-order valence-electron chi connectivity index (χ0n) is 17.0. The van der Waals surface area contributed by atoms with E-state index in [-0.39, 0.29) is 30.5 Å². The van der Waals surface area contributed by atoms with Crippen molar-refractivity contribution >= 4 is 11.8 Å². The van der Waals surface area contributed by atoms with Crippen LogP contribution in [0.1, 0.15) is 50.6 Å². The predicted molar refractivity (Wildman–Crippen MR) is 107 cm³/mol. The van der Waals surface area contributed by atoms with Gasteiger partial charge in [0.15, 0.2) is 0 Å². The molecule has 158 valence electrons. The van der Waals surface area contributed by atoms with Crippen LogP contribution in [0.15, 0.2) is 24.4 Å². The number of carbonyl (C=O) groups is 2. The molecule has 1 aromatic heterocycles. The topological polar surface area (TPSA) is 72.0 Å². The van der Waals surface area contributed by atoms with Crippen molar-refractivity contribution in [2.45, 2.75) is 69.8 Å². The average Bonchev–Trinajstić information content (AvgIpc) is 3.24. The summed E-state index contributed by atoms with van der Waals surface area (Å²) in [5.41, 5.74) is 0.851. The van der Waals surface area contributed by atoms with Gasteiger partial charge in [-0.1, -0.05) is 25.3 Å². The van der Waals surface area contributed by atoms with Gasteiger partial charge in [-0.3, -0.25) is 14.6 Å². The molecule has 3 aliphatic rings.